The summed E-state index contributed by atoms with van der Waals surface area (Å²) in [6, 6.07) is 0. The van der Waals surface area contributed by atoms with Gasteiger partial charge in [0.15, 0.2) is 0 Å². The zero-order valence-corrected chi connectivity index (χ0v) is 12.6. The SMILES string of the molecule is CC(C)C(C)(C)OC(=O)OCCOC[C@H](C)O[N+](=O)[O-]. The van der Waals surface area contributed by atoms with Gasteiger partial charge in [-0.2, -0.15) is 0 Å². The standard InChI is InChI=1S/C12H23NO7/c1-9(2)12(4,5)19-11(14)18-7-6-17-8-10(3)20-13(15)16/h9-10H,6-8H2,1-5H3/t10-/m0/s1. The van der Waals surface area contributed by atoms with Crippen molar-refractivity contribution in [2.24, 2.45) is 5.92 Å². The Morgan fingerprint density at radius 3 is 2.35 bits per heavy atom. The van der Waals surface area contributed by atoms with Crippen LogP contribution in [-0.4, -0.2) is 42.8 Å². The Morgan fingerprint density at radius 1 is 1.25 bits per heavy atom. The number of carbonyl (C=O) groups is 1. The molecule has 8 heteroatoms. The summed E-state index contributed by atoms with van der Waals surface area (Å²) in [5.41, 5.74) is -0.605. The fourth-order valence-corrected chi connectivity index (χ4v) is 0.973. The van der Waals surface area contributed by atoms with Gasteiger partial charge in [-0.15, -0.1) is 10.1 Å². The highest BCUT2D eigenvalue weighted by molar-refractivity contribution is 5.60. The summed E-state index contributed by atoms with van der Waals surface area (Å²) in [6.07, 6.45) is -1.43. The average molecular weight is 293 g/mol. The number of ether oxygens (including phenoxy) is 3. The molecule has 0 saturated heterocycles. The average Bonchev–Trinajstić information content (AvgIpc) is 2.26. The molecule has 0 fully saturated rings. The van der Waals surface area contributed by atoms with Crippen molar-refractivity contribution in [1.29, 1.82) is 0 Å². The summed E-state index contributed by atoms with van der Waals surface area (Å²) in [6.45, 7) is 9.14. The van der Waals surface area contributed by atoms with Crippen molar-refractivity contribution >= 4 is 6.16 Å². The summed E-state index contributed by atoms with van der Waals surface area (Å²) in [7, 11) is 0. The summed E-state index contributed by atoms with van der Waals surface area (Å²) in [5, 5.41) is 9.14. The van der Waals surface area contributed by atoms with E-state index in [-0.39, 0.29) is 25.7 Å². The molecule has 0 N–H and O–H groups in total. The van der Waals surface area contributed by atoms with E-state index in [4.69, 9.17) is 14.2 Å². The van der Waals surface area contributed by atoms with E-state index in [1.165, 1.54) is 6.92 Å². The molecule has 8 nitrogen and oxygen atoms in total. The van der Waals surface area contributed by atoms with E-state index < -0.39 is 22.9 Å². The summed E-state index contributed by atoms with van der Waals surface area (Å²) < 4.78 is 15.0. The first kappa shape index (κ1) is 18.4. The lowest BCUT2D eigenvalue weighted by Crippen LogP contribution is -2.34. The van der Waals surface area contributed by atoms with Crippen molar-refractivity contribution in [2.75, 3.05) is 19.8 Å². The van der Waals surface area contributed by atoms with Crippen molar-refractivity contribution < 1.29 is 28.9 Å². The maximum absolute atomic E-state index is 11.4. The van der Waals surface area contributed by atoms with Gasteiger partial charge < -0.3 is 19.0 Å². The Kier molecular flexibility index (Phi) is 7.90. The van der Waals surface area contributed by atoms with Crippen LogP contribution in [0.4, 0.5) is 4.79 Å². The van der Waals surface area contributed by atoms with Crippen LogP contribution in [0.15, 0.2) is 0 Å². The van der Waals surface area contributed by atoms with E-state index in [0.717, 1.165) is 0 Å². The van der Waals surface area contributed by atoms with Crippen LogP contribution in [0.25, 0.3) is 0 Å². The molecule has 0 heterocycles. The summed E-state index contributed by atoms with van der Waals surface area (Å²) in [4.78, 5) is 25.6. The topological polar surface area (TPSA) is 97.1 Å². The van der Waals surface area contributed by atoms with E-state index in [1.54, 1.807) is 13.8 Å². The first-order valence-electron chi connectivity index (χ1n) is 6.39. The van der Waals surface area contributed by atoms with Crippen molar-refractivity contribution in [2.45, 2.75) is 46.3 Å². The molecule has 0 unspecified atom stereocenters. The van der Waals surface area contributed by atoms with Crippen molar-refractivity contribution in [3.05, 3.63) is 10.1 Å². The molecule has 0 bridgehead atoms. The van der Waals surface area contributed by atoms with Crippen LogP contribution < -0.4 is 0 Å². The second kappa shape index (κ2) is 8.57. The van der Waals surface area contributed by atoms with Gasteiger partial charge in [-0.1, -0.05) is 13.8 Å². The van der Waals surface area contributed by atoms with Crippen LogP contribution in [0.5, 0.6) is 0 Å². The lowest BCUT2D eigenvalue weighted by Gasteiger charge is -2.28. The molecule has 0 aliphatic heterocycles. The smallest absolute Gasteiger partial charge is 0.432 e. The van der Waals surface area contributed by atoms with E-state index in [0.29, 0.717) is 0 Å². The fourth-order valence-electron chi connectivity index (χ4n) is 0.973. The van der Waals surface area contributed by atoms with Gasteiger partial charge in [-0.05, 0) is 26.7 Å². The highest BCUT2D eigenvalue weighted by atomic mass is 17.0. The van der Waals surface area contributed by atoms with Crippen molar-refractivity contribution in [1.82, 2.24) is 0 Å². The Hall–Kier alpha value is -1.57. The van der Waals surface area contributed by atoms with E-state index >= 15 is 0 Å². The van der Waals surface area contributed by atoms with E-state index in [9.17, 15) is 14.9 Å². The molecular formula is C12H23NO7. The monoisotopic (exact) mass is 293 g/mol. The third-order valence-electron chi connectivity index (χ3n) is 2.80. The summed E-state index contributed by atoms with van der Waals surface area (Å²) >= 11 is 0. The number of nitrogens with zero attached hydrogens (tertiary/aromatic N) is 1. The highest BCUT2D eigenvalue weighted by Gasteiger charge is 2.27. The summed E-state index contributed by atoms with van der Waals surface area (Å²) in [5.74, 6) is 0.159. The molecule has 0 aromatic rings. The van der Waals surface area contributed by atoms with Gasteiger partial charge in [-0.3, -0.25) is 0 Å². The molecule has 0 aliphatic rings. The zero-order valence-electron chi connectivity index (χ0n) is 12.6. The molecule has 0 rings (SSSR count). The molecule has 1 atom stereocenters. The lowest BCUT2D eigenvalue weighted by atomic mass is 9.95. The fraction of sp³-hybridized carbons (Fsp3) is 0.917. The Bertz CT molecular complexity index is 317. The van der Waals surface area contributed by atoms with Crippen LogP contribution in [-0.2, 0) is 19.0 Å². The molecule has 0 saturated carbocycles. The van der Waals surface area contributed by atoms with Gasteiger partial charge in [0, 0.05) is 0 Å². The minimum Gasteiger partial charge on any atom is -0.432 e. The van der Waals surface area contributed by atoms with Gasteiger partial charge in [0.25, 0.3) is 5.09 Å². The largest absolute Gasteiger partial charge is 0.508 e. The molecule has 118 valence electrons. The van der Waals surface area contributed by atoms with Crippen molar-refractivity contribution in [3.63, 3.8) is 0 Å². The number of carbonyl (C=O) groups excluding carboxylic acids is 1. The van der Waals surface area contributed by atoms with Crippen molar-refractivity contribution in [3.8, 4) is 0 Å². The third kappa shape index (κ3) is 8.52. The molecule has 0 aromatic carbocycles. The molecule has 0 aromatic heterocycles. The first-order valence-corrected chi connectivity index (χ1v) is 6.39. The Balaban J connectivity index is 3.70. The van der Waals surface area contributed by atoms with Crippen LogP contribution >= 0.6 is 0 Å². The minimum absolute atomic E-state index is 0.0121. The van der Waals surface area contributed by atoms with Crippen LogP contribution in [0.3, 0.4) is 0 Å². The van der Waals surface area contributed by atoms with Crippen LogP contribution in [0.1, 0.15) is 34.6 Å². The Labute approximate surface area is 118 Å². The molecule has 0 aliphatic carbocycles. The second-order valence-electron chi connectivity index (χ2n) is 5.17. The minimum atomic E-state index is -0.879. The quantitative estimate of drug-likeness (QED) is 0.278. The number of rotatable bonds is 9. The second-order valence-corrected chi connectivity index (χ2v) is 5.17. The van der Waals surface area contributed by atoms with Crippen LogP contribution in [0, 0.1) is 16.0 Å². The molecule has 20 heavy (non-hydrogen) atoms. The van der Waals surface area contributed by atoms with E-state index in [2.05, 4.69) is 4.84 Å². The maximum atomic E-state index is 11.4. The Morgan fingerprint density at radius 2 is 1.85 bits per heavy atom. The maximum Gasteiger partial charge on any atom is 0.508 e. The third-order valence-corrected chi connectivity index (χ3v) is 2.80. The molecule has 0 radical (unpaired) electrons. The number of hydrogen-bond acceptors (Lipinski definition) is 7. The lowest BCUT2D eigenvalue weighted by molar-refractivity contribution is -0.768. The zero-order chi connectivity index (χ0) is 15.8. The van der Waals surface area contributed by atoms with Crippen LogP contribution in [0.2, 0.25) is 0 Å². The molecular weight excluding hydrogens is 270 g/mol. The van der Waals surface area contributed by atoms with Gasteiger partial charge in [-0.25, -0.2) is 4.79 Å². The predicted octanol–water partition coefficient (Wildman–Crippen LogP) is 2.19. The highest BCUT2D eigenvalue weighted by Crippen LogP contribution is 2.20. The van der Waals surface area contributed by atoms with Gasteiger partial charge in [0.05, 0.1) is 13.2 Å². The van der Waals surface area contributed by atoms with Gasteiger partial charge >= 0.3 is 6.16 Å². The predicted molar refractivity (Wildman–Crippen MR) is 69.7 cm³/mol. The normalized spacial score (nSPS) is 12.9. The van der Waals surface area contributed by atoms with Gasteiger partial charge in [0.1, 0.15) is 18.3 Å². The van der Waals surface area contributed by atoms with Gasteiger partial charge in [0.2, 0.25) is 0 Å². The molecule has 0 spiro atoms. The number of hydrogen-bond donors (Lipinski definition) is 0. The van der Waals surface area contributed by atoms with E-state index in [1.807, 2.05) is 13.8 Å². The molecule has 0 amide bonds. The first-order chi connectivity index (χ1) is 9.15.